The van der Waals surface area contributed by atoms with Gasteiger partial charge in [0.1, 0.15) is 11.6 Å². The van der Waals surface area contributed by atoms with Crippen LogP contribution in [0.2, 0.25) is 0 Å². The van der Waals surface area contributed by atoms with Gasteiger partial charge in [0, 0.05) is 35.8 Å². The third kappa shape index (κ3) is 3.30. The van der Waals surface area contributed by atoms with Gasteiger partial charge in [0.15, 0.2) is 0 Å². The van der Waals surface area contributed by atoms with Crippen molar-refractivity contribution >= 4 is 22.7 Å². The second-order valence-electron chi connectivity index (χ2n) is 4.14. The molecule has 0 unspecified atom stereocenters. The Kier molecular flexibility index (Phi) is 4.27. The predicted molar refractivity (Wildman–Crippen MR) is 76.9 cm³/mol. The van der Waals surface area contributed by atoms with Crippen LogP contribution < -0.4 is 5.32 Å². The molecule has 1 aromatic carbocycles. The highest BCUT2D eigenvalue weighted by molar-refractivity contribution is 7.11. The van der Waals surface area contributed by atoms with Crippen molar-refractivity contribution in [3.05, 3.63) is 50.0 Å². The summed E-state index contributed by atoms with van der Waals surface area (Å²) in [7, 11) is 0. The molecule has 1 heterocycles. The molecular weight excluding hydrogens is 276 g/mol. The lowest BCUT2D eigenvalue weighted by atomic mass is 10.1. The lowest BCUT2D eigenvalue weighted by Gasteiger charge is -2.05. The van der Waals surface area contributed by atoms with E-state index in [1.807, 2.05) is 19.2 Å². The molecule has 0 radical (unpaired) electrons. The Morgan fingerprint density at radius 2 is 2.35 bits per heavy atom. The molecule has 102 valence electrons. The number of thiazole rings is 1. The Hall–Kier alpha value is -2.46. The van der Waals surface area contributed by atoms with Crippen LogP contribution >= 0.6 is 11.3 Å². The third-order valence-corrected chi connectivity index (χ3v) is 3.62. The second-order valence-corrected chi connectivity index (χ2v) is 5.46. The zero-order valence-electron chi connectivity index (χ0n) is 10.8. The zero-order valence-corrected chi connectivity index (χ0v) is 11.6. The van der Waals surface area contributed by atoms with E-state index in [9.17, 15) is 10.1 Å². The van der Waals surface area contributed by atoms with E-state index in [0.29, 0.717) is 12.2 Å². The van der Waals surface area contributed by atoms with E-state index < -0.39 is 4.92 Å². The fraction of sp³-hybridized carbons (Fsp3) is 0.231. The molecule has 0 aliphatic rings. The van der Waals surface area contributed by atoms with Crippen LogP contribution in [0.1, 0.15) is 15.4 Å². The normalized spacial score (nSPS) is 10.0. The Bertz CT molecular complexity index is 675. The lowest BCUT2D eigenvalue weighted by molar-refractivity contribution is -0.385. The van der Waals surface area contributed by atoms with E-state index >= 15 is 0 Å². The van der Waals surface area contributed by atoms with Crippen LogP contribution in [0.25, 0.3) is 0 Å². The van der Waals surface area contributed by atoms with Crippen LogP contribution in [0.3, 0.4) is 0 Å². The van der Waals surface area contributed by atoms with Gasteiger partial charge < -0.3 is 5.32 Å². The Morgan fingerprint density at radius 3 is 2.95 bits per heavy atom. The van der Waals surface area contributed by atoms with Gasteiger partial charge in [0.2, 0.25) is 0 Å². The summed E-state index contributed by atoms with van der Waals surface area (Å²) in [4.78, 5) is 15.6. The standard InChI is InChI=1S/C13H12N4O2S/c1-9-8-16-13(20-9)4-5-15-11-2-3-12(17(18)19)10(6-11)7-14/h2-3,6,8,15H,4-5H2,1H3. The maximum Gasteiger partial charge on any atom is 0.287 e. The number of rotatable bonds is 5. The molecule has 0 aliphatic carbocycles. The number of hydrogen-bond acceptors (Lipinski definition) is 6. The number of nitrogens with one attached hydrogen (secondary N) is 1. The molecular formula is C13H12N4O2S. The molecule has 2 rings (SSSR count). The summed E-state index contributed by atoms with van der Waals surface area (Å²) < 4.78 is 0. The molecule has 6 nitrogen and oxygen atoms in total. The molecule has 0 saturated heterocycles. The summed E-state index contributed by atoms with van der Waals surface area (Å²) in [5.41, 5.74) is 0.583. The topological polar surface area (TPSA) is 91.8 Å². The van der Waals surface area contributed by atoms with Gasteiger partial charge in [0.25, 0.3) is 5.69 Å². The monoisotopic (exact) mass is 288 g/mol. The SMILES string of the molecule is Cc1cnc(CCNc2ccc([N+](=O)[O-])c(C#N)c2)s1. The van der Waals surface area contributed by atoms with Crippen molar-refractivity contribution in [3.8, 4) is 6.07 Å². The first-order valence-electron chi connectivity index (χ1n) is 5.94. The highest BCUT2D eigenvalue weighted by Gasteiger charge is 2.13. The number of benzene rings is 1. The molecule has 0 fully saturated rings. The van der Waals surface area contributed by atoms with E-state index in [1.165, 1.54) is 17.0 Å². The average molecular weight is 288 g/mol. The number of aromatic nitrogens is 1. The van der Waals surface area contributed by atoms with Crippen LogP contribution in [0.5, 0.6) is 0 Å². The van der Waals surface area contributed by atoms with E-state index in [1.54, 1.807) is 17.4 Å². The highest BCUT2D eigenvalue weighted by atomic mass is 32.1. The van der Waals surface area contributed by atoms with Crippen LogP contribution in [0.15, 0.2) is 24.4 Å². The van der Waals surface area contributed by atoms with Crippen molar-refractivity contribution < 1.29 is 4.92 Å². The largest absolute Gasteiger partial charge is 0.385 e. The summed E-state index contributed by atoms with van der Waals surface area (Å²) in [6.07, 6.45) is 2.61. The molecule has 0 atom stereocenters. The Balaban J connectivity index is 2.00. The molecule has 1 N–H and O–H groups in total. The van der Waals surface area contributed by atoms with Gasteiger partial charge in [-0.05, 0) is 19.1 Å². The van der Waals surface area contributed by atoms with Crippen molar-refractivity contribution in [1.82, 2.24) is 4.98 Å². The Morgan fingerprint density at radius 1 is 1.55 bits per heavy atom. The number of nitro benzene ring substituents is 1. The molecule has 20 heavy (non-hydrogen) atoms. The summed E-state index contributed by atoms with van der Waals surface area (Å²) in [6, 6.07) is 6.27. The van der Waals surface area contributed by atoms with Gasteiger partial charge in [-0.1, -0.05) is 0 Å². The quantitative estimate of drug-likeness (QED) is 0.674. The van der Waals surface area contributed by atoms with Gasteiger partial charge in [-0.15, -0.1) is 11.3 Å². The van der Waals surface area contributed by atoms with Crippen LogP contribution in [-0.2, 0) is 6.42 Å². The van der Waals surface area contributed by atoms with Crippen molar-refractivity contribution in [3.63, 3.8) is 0 Å². The third-order valence-electron chi connectivity index (χ3n) is 2.65. The highest BCUT2D eigenvalue weighted by Crippen LogP contribution is 2.22. The second kappa shape index (κ2) is 6.12. The van der Waals surface area contributed by atoms with Gasteiger partial charge in [-0.3, -0.25) is 10.1 Å². The first kappa shape index (κ1) is 14.0. The number of nitriles is 1. The summed E-state index contributed by atoms with van der Waals surface area (Å²) in [6.45, 7) is 2.67. The molecule has 7 heteroatoms. The van der Waals surface area contributed by atoms with Gasteiger partial charge in [-0.2, -0.15) is 5.26 Å². The zero-order chi connectivity index (χ0) is 14.5. The van der Waals surface area contributed by atoms with Crippen molar-refractivity contribution in [2.45, 2.75) is 13.3 Å². The van der Waals surface area contributed by atoms with Crippen LogP contribution in [0.4, 0.5) is 11.4 Å². The summed E-state index contributed by atoms with van der Waals surface area (Å²) >= 11 is 1.64. The number of hydrogen-bond donors (Lipinski definition) is 1. The Labute approximate surface area is 119 Å². The average Bonchev–Trinajstić information content (AvgIpc) is 2.84. The van der Waals surface area contributed by atoms with Gasteiger partial charge in [-0.25, -0.2) is 4.98 Å². The molecule has 0 aliphatic heterocycles. The molecule has 1 aromatic heterocycles. The maximum atomic E-state index is 10.7. The summed E-state index contributed by atoms with van der Waals surface area (Å²) in [5.74, 6) is 0. The minimum Gasteiger partial charge on any atom is -0.385 e. The minimum absolute atomic E-state index is 0.0603. The maximum absolute atomic E-state index is 10.7. The lowest BCUT2D eigenvalue weighted by Crippen LogP contribution is -2.05. The number of anilines is 1. The minimum atomic E-state index is -0.555. The van der Waals surface area contributed by atoms with Crippen LogP contribution in [-0.4, -0.2) is 16.5 Å². The fourth-order valence-electron chi connectivity index (χ4n) is 1.73. The van der Waals surface area contributed by atoms with E-state index in [2.05, 4.69) is 10.3 Å². The summed E-state index contributed by atoms with van der Waals surface area (Å²) in [5, 5.41) is 23.8. The van der Waals surface area contributed by atoms with Gasteiger partial charge >= 0.3 is 0 Å². The molecule has 0 spiro atoms. The molecule has 2 aromatic rings. The first-order chi connectivity index (χ1) is 9.60. The van der Waals surface area contributed by atoms with E-state index in [4.69, 9.17) is 5.26 Å². The van der Waals surface area contributed by atoms with Crippen molar-refractivity contribution in [1.29, 1.82) is 5.26 Å². The van der Waals surface area contributed by atoms with Gasteiger partial charge in [0.05, 0.1) is 9.93 Å². The number of nitrogens with zero attached hydrogens (tertiary/aromatic N) is 3. The fourth-order valence-corrected chi connectivity index (χ4v) is 2.51. The number of nitro groups is 1. The first-order valence-corrected chi connectivity index (χ1v) is 6.75. The number of aryl methyl sites for hydroxylation is 1. The molecule has 0 bridgehead atoms. The molecule has 0 amide bonds. The van der Waals surface area contributed by atoms with E-state index in [-0.39, 0.29) is 11.3 Å². The molecule has 0 saturated carbocycles. The van der Waals surface area contributed by atoms with Crippen molar-refractivity contribution in [2.24, 2.45) is 0 Å². The van der Waals surface area contributed by atoms with Crippen molar-refractivity contribution in [2.75, 3.05) is 11.9 Å². The smallest absolute Gasteiger partial charge is 0.287 e. The predicted octanol–water partition coefficient (Wildman–Crippen LogP) is 2.89. The van der Waals surface area contributed by atoms with Crippen LogP contribution in [0, 0.1) is 28.4 Å². The van der Waals surface area contributed by atoms with E-state index in [0.717, 1.165) is 11.4 Å².